The summed E-state index contributed by atoms with van der Waals surface area (Å²) < 4.78 is 10.4. The van der Waals surface area contributed by atoms with Gasteiger partial charge < -0.3 is 19.7 Å². The van der Waals surface area contributed by atoms with Crippen LogP contribution in [0.3, 0.4) is 0 Å². The first-order valence-corrected chi connectivity index (χ1v) is 7.77. The number of nitrogens with zero attached hydrogens (tertiary/aromatic N) is 1. The monoisotopic (exact) mass is 340 g/mol. The average Bonchev–Trinajstić information content (AvgIpc) is 2.90. The number of ether oxygens (including phenoxy) is 2. The Morgan fingerprint density at radius 3 is 2.48 bits per heavy atom. The molecule has 1 aliphatic heterocycles. The van der Waals surface area contributed by atoms with Crippen molar-refractivity contribution in [2.45, 2.75) is 26.3 Å². The van der Waals surface area contributed by atoms with Crippen LogP contribution in [0.25, 0.3) is 0 Å². The van der Waals surface area contributed by atoms with E-state index < -0.39 is 0 Å². The lowest BCUT2D eigenvalue weighted by molar-refractivity contribution is -0.129. The van der Waals surface area contributed by atoms with Gasteiger partial charge in [0.2, 0.25) is 11.8 Å². The van der Waals surface area contributed by atoms with Crippen molar-refractivity contribution >= 4 is 29.1 Å². The molecule has 1 aromatic carbocycles. The van der Waals surface area contributed by atoms with Crippen LogP contribution in [0.4, 0.5) is 5.69 Å². The summed E-state index contributed by atoms with van der Waals surface area (Å²) in [6, 6.07) is 3.28. The second-order valence-corrected chi connectivity index (χ2v) is 6.12. The third kappa shape index (κ3) is 3.69. The van der Waals surface area contributed by atoms with Gasteiger partial charge in [-0.25, -0.2) is 0 Å². The molecule has 1 heterocycles. The normalized spacial score (nSPS) is 17.6. The van der Waals surface area contributed by atoms with E-state index in [2.05, 4.69) is 5.32 Å². The molecule has 0 aliphatic carbocycles. The highest BCUT2D eigenvalue weighted by Gasteiger charge is 2.35. The Kier molecular flexibility index (Phi) is 5.36. The Labute approximate surface area is 140 Å². The zero-order valence-corrected chi connectivity index (χ0v) is 14.4. The third-order valence-electron chi connectivity index (χ3n) is 3.88. The van der Waals surface area contributed by atoms with E-state index in [0.29, 0.717) is 28.8 Å². The molecule has 126 valence electrons. The first kappa shape index (κ1) is 17.4. The summed E-state index contributed by atoms with van der Waals surface area (Å²) in [6.45, 7) is 4.30. The molecule has 2 amide bonds. The van der Waals surface area contributed by atoms with Crippen molar-refractivity contribution in [1.82, 2.24) is 4.90 Å². The molecule has 0 radical (unpaired) electrons. The first-order valence-electron chi connectivity index (χ1n) is 7.39. The number of carbonyl (C=O) groups is 2. The van der Waals surface area contributed by atoms with Crippen LogP contribution in [-0.4, -0.2) is 43.5 Å². The van der Waals surface area contributed by atoms with E-state index in [0.717, 1.165) is 0 Å². The topological polar surface area (TPSA) is 67.9 Å². The predicted octanol–water partition coefficient (Wildman–Crippen LogP) is 2.55. The van der Waals surface area contributed by atoms with Gasteiger partial charge in [-0.1, -0.05) is 11.6 Å². The van der Waals surface area contributed by atoms with Gasteiger partial charge in [0.15, 0.2) is 0 Å². The van der Waals surface area contributed by atoms with E-state index in [1.54, 1.807) is 17.0 Å². The van der Waals surface area contributed by atoms with Crippen LogP contribution in [0.15, 0.2) is 12.1 Å². The summed E-state index contributed by atoms with van der Waals surface area (Å²) in [5, 5.41) is 3.20. The molecule has 0 bridgehead atoms. The summed E-state index contributed by atoms with van der Waals surface area (Å²) in [7, 11) is 2.99. The molecular formula is C16H21ClN2O4. The van der Waals surface area contributed by atoms with Crippen molar-refractivity contribution in [3.63, 3.8) is 0 Å². The minimum Gasteiger partial charge on any atom is -0.495 e. The summed E-state index contributed by atoms with van der Waals surface area (Å²) in [6.07, 6.45) is 0.219. The fourth-order valence-electron chi connectivity index (χ4n) is 2.60. The minimum atomic E-state index is -0.378. The van der Waals surface area contributed by atoms with Crippen molar-refractivity contribution in [2.24, 2.45) is 5.92 Å². The molecule has 1 N–H and O–H groups in total. The van der Waals surface area contributed by atoms with E-state index in [9.17, 15) is 9.59 Å². The van der Waals surface area contributed by atoms with E-state index in [4.69, 9.17) is 21.1 Å². The number of methoxy groups -OCH3 is 2. The molecule has 0 spiro atoms. The molecule has 6 nitrogen and oxygen atoms in total. The van der Waals surface area contributed by atoms with Gasteiger partial charge in [-0.2, -0.15) is 0 Å². The Morgan fingerprint density at radius 1 is 1.30 bits per heavy atom. The number of benzene rings is 1. The van der Waals surface area contributed by atoms with Gasteiger partial charge in [0.25, 0.3) is 0 Å². The van der Waals surface area contributed by atoms with Crippen molar-refractivity contribution in [2.75, 3.05) is 26.1 Å². The second kappa shape index (κ2) is 7.08. The average molecular weight is 341 g/mol. The van der Waals surface area contributed by atoms with Crippen molar-refractivity contribution in [1.29, 1.82) is 0 Å². The largest absolute Gasteiger partial charge is 0.495 e. The Bertz CT molecular complexity index is 618. The summed E-state index contributed by atoms with van der Waals surface area (Å²) >= 11 is 6.05. The number of amides is 2. The van der Waals surface area contributed by atoms with Gasteiger partial charge >= 0.3 is 0 Å². The maximum Gasteiger partial charge on any atom is 0.229 e. The van der Waals surface area contributed by atoms with Gasteiger partial charge in [-0.05, 0) is 13.8 Å². The lowest BCUT2D eigenvalue weighted by atomic mass is 10.1. The van der Waals surface area contributed by atoms with Crippen molar-refractivity contribution in [3.8, 4) is 11.5 Å². The molecule has 1 atom stereocenters. The van der Waals surface area contributed by atoms with Gasteiger partial charge in [0.1, 0.15) is 11.5 Å². The van der Waals surface area contributed by atoms with E-state index in [1.807, 2.05) is 13.8 Å². The Hall–Kier alpha value is -1.95. The van der Waals surface area contributed by atoms with Gasteiger partial charge in [0, 0.05) is 31.1 Å². The zero-order chi connectivity index (χ0) is 17.1. The number of likely N-dealkylation sites (tertiary alicyclic amines) is 1. The minimum absolute atomic E-state index is 0.000742. The summed E-state index contributed by atoms with van der Waals surface area (Å²) in [5.74, 6) is 0.282. The lowest BCUT2D eigenvalue weighted by Crippen LogP contribution is -2.33. The van der Waals surface area contributed by atoms with Crippen LogP contribution in [0.5, 0.6) is 11.5 Å². The second-order valence-electron chi connectivity index (χ2n) is 5.72. The van der Waals surface area contributed by atoms with Gasteiger partial charge in [-0.15, -0.1) is 0 Å². The van der Waals surface area contributed by atoms with Crippen LogP contribution in [0.1, 0.15) is 20.3 Å². The van der Waals surface area contributed by atoms with E-state index in [-0.39, 0.29) is 30.2 Å². The van der Waals surface area contributed by atoms with Crippen molar-refractivity contribution < 1.29 is 19.1 Å². The maximum absolute atomic E-state index is 12.5. The molecule has 1 aromatic rings. The number of halogens is 1. The van der Waals surface area contributed by atoms with Crippen LogP contribution < -0.4 is 14.8 Å². The maximum atomic E-state index is 12.5. The number of hydrogen-bond donors (Lipinski definition) is 1. The molecule has 1 aliphatic rings. The van der Waals surface area contributed by atoms with E-state index in [1.165, 1.54) is 14.2 Å². The van der Waals surface area contributed by atoms with Gasteiger partial charge in [0.05, 0.1) is 30.8 Å². The Balaban J connectivity index is 2.16. The first-order chi connectivity index (χ1) is 10.9. The predicted molar refractivity (Wildman–Crippen MR) is 88.1 cm³/mol. The number of rotatable bonds is 5. The SMILES string of the molecule is COc1cc(NC(=O)[C@H]2CC(=O)N(C(C)C)C2)c(OC)cc1Cl. The highest BCUT2D eigenvalue weighted by atomic mass is 35.5. The molecule has 2 rings (SSSR count). The van der Waals surface area contributed by atoms with Crippen LogP contribution in [0, 0.1) is 5.92 Å². The summed E-state index contributed by atoms with van der Waals surface area (Å²) in [5.41, 5.74) is 0.467. The highest BCUT2D eigenvalue weighted by molar-refractivity contribution is 6.32. The molecule has 7 heteroatoms. The quantitative estimate of drug-likeness (QED) is 0.894. The highest BCUT2D eigenvalue weighted by Crippen LogP contribution is 2.36. The number of nitrogens with one attached hydrogen (secondary N) is 1. The van der Waals surface area contributed by atoms with Gasteiger partial charge in [-0.3, -0.25) is 9.59 Å². The third-order valence-corrected chi connectivity index (χ3v) is 4.18. The molecule has 0 unspecified atom stereocenters. The fourth-order valence-corrected chi connectivity index (χ4v) is 2.83. The molecular weight excluding hydrogens is 320 g/mol. The molecule has 0 saturated carbocycles. The summed E-state index contributed by atoms with van der Waals surface area (Å²) in [4.78, 5) is 26.1. The number of carbonyl (C=O) groups excluding carboxylic acids is 2. The molecule has 1 fully saturated rings. The molecule has 23 heavy (non-hydrogen) atoms. The van der Waals surface area contributed by atoms with Crippen LogP contribution >= 0.6 is 11.6 Å². The number of hydrogen-bond acceptors (Lipinski definition) is 4. The van der Waals surface area contributed by atoms with E-state index >= 15 is 0 Å². The fraction of sp³-hybridized carbons (Fsp3) is 0.500. The van der Waals surface area contributed by atoms with Crippen LogP contribution in [0.2, 0.25) is 5.02 Å². The van der Waals surface area contributed by atoms with Crippen molar-refractivity contribution in [3.05, 3.63) is 17.2 Å². The number of anilines is 1. The zero-order valence-electron chi connectivity index (χ0n) is 13.7. The smallest absolute Gasteiger partial charge is 0.229 e. The standard InChI is InChI=1S/C16H21ClN2O4/c1-9(2)19-8-10(5-15(19)20)16(21)18-12-7-13(22-3)11(17)6-14(12)23-4/h6-7,9-10H,5,8H2,1-4H3,(H,18,21)/t10-/m0/s1. The van der Waals surface area contributed by atoms with Crippen LogP contribution in [-0.2, 0) is 9.59 Å². The Morgan fingerprint density at radius 2 is 1.96 bits per heavy atom. The molecule has 0 aromatic heterocycles. The lowest BCUT2D eigenvalue weighted by Gasteiger charge is -2.21. The molecule has 1 saturated heterocycles.